The number of carboxylic acids is 2. The van der Waals surface area contributed by atoms with Gasteiger partial charge in [-0.3, -0.25) is 0 Å². The number of carboxylic acid groups (broad SMARTS) is 2. The molecule has 0 atom stereocenters. The molecule has 2 N–H and O–H groups in total. The minimum Gasteiger partial charge on any atom is -0.478 e. The Balaban J connectivity index is 2.39. The van der Waals surface area contributed by atoms with Crippen LogP contribution in [0.3, 0.4) is 0 Å². The van der Waals surface area contributed by atoms with E-state index in [1.807, 2.05) is 6.07 Å². The lowest BCUT2D eigenvalue weighted by Crippen LogP contribution is -2.14. The maximum atomic E-state index is 11.8. The fourth-order valence-corrected chi connectivity index (χ4v) is 4.32. The van der Waals surface area contributed by atoms with Crippen molar-refractivity contribution in [3.8, 4) is 0 Å². The van der Waals surface area contributed by atoms with Gasteiger partial charge in [0.2, 0.25) is 0 Å². The average molecular weight is 433 g/mol. The van der Waals surface area contributed by atoms with Crippen LogP contribution in [0, 0.1) is 0 Å². The lowest BCUT2D eigenvalue weighted by atomic mass is 9.89. The van der Waals surface area contributed by atoms with Crippen LogP contribution in [0.25, 0.3) is 0 Å². The summed E-state index contributed by atoms with van der Waals surface area (Å²) in [5.41, 5.74) is 1.65. The van der Waals surface area contributed by atoms with Gasteiger partial charge in [-0.15, -0.1) is 0 Å². The van der Waals surface area contributed by atoms with Crippen molar-refractivity contribution >= 4 is 11.9 Å². The second-order valence-electron chi connectivity index (χ2n) is 8.83. The Bertz CT molecular complexity index is 651. The molecule has 0 aliphatic carbocycles. The van der Waals surface area contributed by atoms with Gasteiger partial charge in [-0.25, -0.2) is 9.59 Å². The van der Waals surface area contributed by atoms with Crippen LogP contribution in [-0.2, 0) is 12.8 Å². The van der Waals surface area contributed by atoms with Gasteiger partial charge in [-0.1, -0.05) is 103 Å². The summed E-state index contributed by atoms with van der Waals surface area (Å²) < 4.78 is 0. The van der Waals surface area contributed by atoms with Gasteiger partial charge in [-0.2, -0.15) is 0 Å². The fourth-order valence-electron chi connectivity index (χ4n) is 4.32. The summed E-state index contributed by atoms with van der Waals surface area (Å²) in [6.07, 6.45) is 20.2. The molecule has 31 heavy (non-hydrogen) atoms. The summed E-state index contributed by atoms with van der Waals surface area (Å²) in [4.78, 5) is 23.3. The zero-order valence-corrected chi connectivity index (χ0v) is 19.9. The molecule has 1 rings (SSSR count). The Labute approximate surface area is 189 Å². The summed E-state index contributed by atoms with van der Waals surface area (Å²) in [6.45, 7) is 4.32. The number of carbonyl (C=O) groups is 2. The minimum atomic E-state index is -1.16. The number of hydrogen-bond donors (Lipinski definition) is 2. The number of aryl methyl sites for hydroxylation is 1. The number of rotatable bonds is 19. The van der Waals surface area contributed by atoms with Crippen LogP contribution >= 0.6 is 0 Å². The average Bonchev–Trinajstić information content (AvgIpc) is 2.75. The van der Waals surface area contributed by atoms with Crippen LogP contribution in [0.1, 0.15) is 142 Å². The van der Waals surface area contributed by atoms with Gasteiger partial charge < -0.3 is 10.2 Å². The summed E-state index contributed by atoms with van der Waals surface area (Å²) >= 11 is 0. The Kier molecular flexibility index (Phi) is 14.7. The Morgan fingerprint density at radius 1 is 0.613 bits per heavy atom. The third-order valence-electron chi connectivity index (χ3n) is 6.18. The fraction of sp³-hybridized carbons (Fsp3) is 0.704. The lowest BCUT2D eigenvalue weighted by molar-refractivity contribution is 0.0650. The second-order valence-corrected chi connectivity index (χ2v) is 8.83. The number of hydrogen-bond acceptors (Lipinski definition) is 2. The molecule has 1 aromatic rings. The summed E-state index contributed by atoms with van der Waals surface area (Å²) in [6, 6.07) is 3.31. The van der Waals surface area contributed by atoms with Crippen molar-refractivity contribution in [2.75, 3.05) is 0 Å². The zero-order chi connectivity index (χ0) is 22.9. The number of benzene rings is 1. The molecule has 1 aromatic carbocycles. The van der Waals surface area contributed by atoms with Crippen LogP contribution in [0.15, 0.2) is 12.1 Å². The predicted molar refractivity (Wildman–Crippen MR) is 128 cm³/mol. The molecule has 0 saturated heterocycles. The van der Waals surface area contributed by atoms with Gasteiger partial charge in [0.25, 0.3) is 0 Å². The third-order valence-corrected chi connectivity index (χ3v) is 6.18. The summed E-state index contributed by atoms with van der Waals surface area (Å²) in [7, 11) is 0. The zero-order valence-electron chi connectivity index (χ0n) is 19.9. The highest BCUT2D eigenvalue weighted by atomic mass is 16.4. The van der Waals surface area contributed by atoms with E-state index in [4.69, 9.17) is 0 Å². The monoisotopic (exact) mass is 432 g/mol. The van der Waals surface area contributed by atoms with Gasteiger partial charge in [0, 0.05) is 0 Å². The van der Waals surface area contributed by atoms with Crippen LogP contribution in [0.5, 0.6) is 0 Å². The molecule has 0 spiro atoms. The molecule has 0 bridgehead atoms. The SMILES string of the molecule is CCCCCCCCCCCCCCCc1ccc(C(=O)O)c(C(=O)O)c1CCCC. The van der Waals surface area contributed by atoms with Crippen LogP contribution < -0.4 is 0 Å². The Morgan fingerprint density at radius 3 is 1.55 bits per heavy atom. The van der Waals surface area contributed by atoms with E-state index in [9.17, 15) is 19.8 Å². The van der Waals surface area contributed by atoms with Crippen molar-refractivity contribution in [2.24, 2.45) is 0 Å². The van der Waals surface area contributed by atoms with Crippen molar-refractivity contribution < 1.29 is 19.8 Å². The Hall–Kier alpha value is -1.84. The molecular weight excluding hydrogens is 388 g/mol. The van der Waals surface area contributed by atoms with E-state index < -0.39 is 11.9 Å². The molecule has 0 unspecified atom stereocenters. The van der Waals surface area contributed by atoms with Crippen molar-refractivity contribution in [2.45, 2.75) is 123 Å². The molecule has 4 nitrogen and oxygen atoms in total. The summed E-state index contributed by atoms with van der Waals surface area (Å²) in [5, 5.41) is 19.0. The topological polar surface area (TPSA) is 74.6 Å². The standard InChI is InChI=1S/C27H44O4/c1-3-5-7-8-9-10-11-12-13-14-15-16-17-18-22-20-21-24(26(28)29)25(27(30)31)23(22)19-6-4-2/h20-21H,3-19H2,1-2H3,(H,28,29)(H,30,31). The van der Waals surface area contributed by atoms with E-state index in [0.29, 0.717) is 6.42 Å². The maximum Gasteiger partial charge on any atom is 0.336 e. The van der Waals surface area contributed by atoms with E-state index >= 15 is 0 Å². The highest BCUT2D eigenvalue weighted by molar-refractivity contribution is 6.03. The first-order chi connectivity index (χ1) is 15.0. The molecule has 0 heterocycles. The third kappa shape index (κ3) is 10.8. The Morgan fingerprint density at radius 2 is 1.10 bits per heavy atom. The van der Waals surface area contributed by atoms with Crippen LogP contribution in [-0.4, -0.2) is 22.2 Å². The predicted octanol–water partition coefficient (Wildman–Crippen LogP) is 8.06. The van der Waals surface area contributed by atoms with Gasteiger partial charge in [0.15, 0.2) is 0 Å². The molecule has 0 aromatic heterocycles. The molecule has 0 fully saturated rings. The summed E-state index contributed by atoms with van der Waals surface area (Å²) in [5.74, 6) is -2.29. The molecule has 176 valence electrons. The van der Waals surface area contributed by atoms with Crippen LogP contribution in [0.4, 0.5) is 0 Å². The lowest BCUT2D eigenvalue weighted by Gasteiger charge is -2.15. The molecule has 0 amide bonds. The van der Waals surface area contributed by atoms with E-state index in [2.05, 4.69) is 13.8 Å². The number of unbranched alkanes of at least 4 members (excludes halogenated alkanes) is 13. The molecular formula is C27H44O4. The highest BCUT2D eigenvalue weighted by Crippen LogP contribution is 2.24. The van der Waals surface area contributed by atoms with E-state index in [0.717, 1.165) is 43.2 Å². The molecule has 0 aliphatic rings. The van der Waals surface area contributed by atoms with E-state index in [1.54, 1.807) is 0 Å². The first kappa shape index (κ1) is 27.2. The van der Waals surface area contributed by atoms with Gasteiger partial charge in [0.1, 0.15) is 0 Å². The van der Waals surface area contributed by atoms with E-state index in [1.165, 1.54) is 76.7 Å². The highest BCUT2D eigenvalue weighted by Gasteiger charge is 2.22. The smallest absolute Gasteiger partial charge is 0.336 e. The van der Waals surface area contributed by atoms with Crippen LogP contribution in [0.2, 0.25) is 0 Å². The van der Waals surface area contributed by atoms with E-state index in [-0.39, 0.29) is 11.1 Å². The second kappa shape index (κ2) is 16.8. The quantitative estimate of drug-likeness (QED) is 0.217. The van der Waals surface area contributed by atoms with Crippen molar-refractivity contribution in [3.05, 3.63) is 34.4 Å². The van der Waals surface area contributed by atoms with Crippen molar-refractivity contribution in [1.29, 1.82) is 0 Å². The van der Waals surface area contributed by atoms with Crippen molar-refractivity contribution in [1.82, 2.24) is 0 Å². The molecule has 4 heteroatoms. The van der Waals surface area contributed by atoms with Gasteiger partial charge in [-0.05, 0) is 42.9 Å². The first-order valence-corrected chi connectivity index (χ1v) is 12.6. The first-order valence-electron chi connectivity index (χ1n) is 12.6. The van der Waals surface area contributed by atoms with Gasteiger partial charge >= 0.3 is 11.9 Å². The largest absolute Gasteiger partial charge is 0.478 e. The molecule has 0 saturated carbocycles. The molecule has 0 aliphatic heterocycles. The normalized spacial score (nSPS) is 11.0. The number of aromatic carboxylic acids is 2. The minimum absolute atomic E-state index is 0.00635. The molecule has 0 radical (unpaired) electrons. The maximum absolute atomic E-state index is 11.8. The van der Waals surface area contributed by atoms with Gasteiger partial charge in [0.05, 0.1) is 11.1 Å². The van der Waals surface area contributed by atoms with Crippen molar-refractivity contribution in [3.63, 3.8) is 0 Å².